The third-order valence-electron chi connectivity index (χ3n) is 5.35. The summed E-state index contributed by atoms with van der Waals surface area (Å²) in [7, 11) is 0. The minimum Gasteiger partial charge on any atom is -0.457 e. The van der Waals surface area contributed by atoms with Gasteiger partial charge in [-0.1, -0.05) is 41.1 Å². The van der Waals surface area contributed by atoms with Crippen molar-refractivity contribution in [1.29, 1.82) is 0 Å². The fraction of sp³-hybridized carbons (Fsp3) is 0.160. The molecule has 6 nitrogen and oxygen atoms in total. The van der Waals surface area contributed by atoms with Crippen LogP contribution in [0.15, 0.2) is 83.4 Å². The molecule has 3 aromatic carbocycles. The zero-order valence-electron chi connectivity index (χ0n) is 17.1. The highest BCUT2D eigenvalue weighted by Crippen LogP contribution is 2.32. The molecule has 1 amide bonds. The molecule has 154 valence electrons. The summed E-state index contributed by atoms with van der Waals surface area (Å²) in [5, 5.41) is 4.12. The van der Waals surface area contributed by atoms with Crippen LogP contribution in [0.3, 0.4) is 0 Å². The molecule has 0 radical (unpaired) electrons. The van der Waals surface area contributed by atoms with E-state index in [1.165, 1.54) is 5.56 Å². The van der Waals surface area contributed by atoms with Gasteiger partial charge in [-0.15, -0.1) is 0 Å². The molecule has 0 bridgehead atoms. The molecule has 1 atom stereocenters. The van der Waals surface area contributed by atoms with Crippen molar-refractivity contribution in [2.75, 3.05) is 11.4 Å². The molecule has 5 rings (SSSR count). The van der Waals surface area contributed by atoms with Crippen molar-refractivity contribution in [2.24, 2.45) is 0 Å². The molecule has 1 fully saturated rings. The van der Waals surface area contributed by atoms with Gasteiger partial charge < -0.3 is 14.2 Å². The van der Waals surface area contributed by atoms with Crippen molar-refractivity contribution in [3.63, 3.8) is 0 Å². The largest absolute Gasteiger partial charge is 0.457 e. The average molecular weight is 411 g/mol. The fourth-order valence-electron chi connectivity index (χ4n) is 3.66. The Bertz CT molecular complexity index is 1180. The lowest BCUT2D eigenvalue weighted by molar-refractivity contribution is -0.117. The number of rotatable bonds is 5. The SMILES string of the molecule is Cc1ccc(Oc2ccc(-c3noc(C4CC(=O)N(c5ccccc5)C4)n3)cc2)cc1. The summed E-state index contributed by atoms with van der Waals surface area (Å²) in [5.74, 6) is 2.46. The lowest BCUT2D eigenvalue weighted by atomic mass is 10.1. The van der Waals surface area contributed by atoms with Crippen molar-refractivity contribution in [3.8, 4) is 22.9 Å². The molecular formula is C25H21N3O3. The van der Waals surface area contributed by atoms with E-state index in [2.05, 4.69) is 10.1 Å². The van der Waals surface area contributed by atoms with E-state index in [-0.39, 0.29) is 11.8 Å². The number of benzene rings is 3. The Hall–Kier alpha value is -3.93. The number of nitrogens with zero attached hydrogens (tertiary/aromatic N) is 3. The van der Waals surface area contributed by atoms with Gasteiger partial charge in [-0.05, 0) is 55.5 Å². The Morgan fingerprint density at radius 3 is 2.32 bits per heavy atom. The third-order valence-corrected chi connectivity index (χ3v) is 5.35. The Balaban J connectivity index is 1.28. The molecule has 0 N–H and O–H groups in total. The second-order valence-corrected chi connectivity index (χ2v) is 7.64. The van der Waals surface area contributed by atoms with E-state index < -0.39 is 0 Å². The number of carbonyl (C=O) groups is 1. The van der Waals surface area contributed by atoms with Crippen LogP contribution in [0.2, 0.25) is 0 Å². The predicted octanol–water partition coefficient (Wildman–Crippen LogP) is 5.36. The van der Waals surface area contributed by atoms with Crippen LogP contribution in [0.4, 0.5) is 5.69 Å². The number of aryl methyl sites for hydroxylation is 1. The van der Waals surface area contributed by atoms with Crippen molar-refractivity contribution in [3.05, 3.63) is 90.3 Å². The minimum atomic E-state index is -0.113. The molecule has 0 spiro atoms. The van der Waals surface area contributed by atoms with Gasteiger partial charge in [-0.2, -0.15) is 4.98 Å². The summed E-state index contributed by atoms with van der Waals surface area (Å²) in [6.07, 6.45) is 0.361. The van der Waals surface area contributed by atoms with E-state index in [0.29, 0.717) is 24.7 Å². The quantitative estimate of drug-likeness (QED) is 0.442. The molecule has 1 saturated heterocycles. The molecular weight excluding hydrogens is 390 g/mol. The van der Waals surface area contributed by atoms with E-state index in [1.54, 1.807) is 4.90 Å². The first-order valence-corrected chi connectivity index (χ1v) is 10.2. The molecule has 6 heteroatoms. The first-order valence-electron chi connectivity index (χ1n) is 10.2. The summed E-state index contributed by atoms with van der Waals surface area (Å²) in [6, 6.07) is 25.1. The summed E-state index contributed by atoms with van der Waals surface area (Å²) < 4.78 is 11.4. The van der Waals surface area contributed by atoms with Crippen LogP contribution in [0.5, 0.6) is 11.5 Å². The van der Waals surface area contributed by atoms with E-state index in [9.17, 15) is 4.79 Å². The van der Waals surface area contributed by atoms with E-state index >= 15 is 0 Å². The maximum Gasteiger partial charge on any atom is 0.232 e. The number of ether oxygens (including phenoxy) is 1. The number of amides is 1. The molecule has 1 aromatic heterocycles. The summed E-state index contributed by atoms with van der Waals surface area (Å²) >= 11 is 0. The summed E-state index contributed by atoms with van der Waals surface area (Å²) in [4.78, 5) is 18.8. The predicted molar refractivity (Wildman–Crippen MR) is 117 cm³/mol. The zero-order chi connectivity index (χ0) is 21.2. The van der Waals surface area contributed by atoms with Crippen LogP contribution in [0, 0.1) is 6.92 Å². The van der Waals surface area contributed by atoms with Crippen LogP contribution in [-0.4, -0.2) is 22.6 Å². The van der Waals surface area contributed by atoms with Gasteiger partial charge >= 0.3 is 0 Å². The van der Waals surface area contributed by atoms with Gasteiger partial charge in [0.25, 0.3) is 0 Å². The van der Waals surface area contributed by atoms with Gasteiger partial charge in [0.1, 0.15) is 11.5 Å². The van der Waals surface area contributed by atoms with E-state index in [4.69, 9.17) is 9.26 Å². The number of aromatic nitrogens is 2. The lowest BCUT2D eigenvalue weighted by Crippen LogP contribution is -2.24. The van der Waals surface area contributed by atoms with Crippen molar-refractivity contribution >= 4 is 11.6 Å². The molecule has 1 unspecified atom stereocenters. The summed E-state index contributed by atoms with van der Waals surface area (Å²) in [6.45, 7) is 2.58. The lowest BCUT2D eigenvalue weighted by Gasteiger charge is -2.15. The molecule has 2 heterocycles. The summed E-state index contributed by atoms with van der Waals surface area (Å²) in [5.41, 5.74) is 2.90. The molecule has 1 aliphatic rings. The molecule has 1 aliphatic heterocycles. The second-order valence-electron chi connectivity index (χ2n) is 7.64. The number of carbonyl (C=O) groups excluding carboxylic acids is 1. The Morgan fingerprint density at radius 2 is 1.61 bits per heavy atom. The van der Waals surface area contributed by atoms with Crippen LogP contribution in [0.1, 0.15) is 23.8 Å². The average Bonchev–Trinajstić information content (AvgIpc) is 3.44. The first-order chi connectivity index (χ1) is 15.2. The first kappa shape index (κ1) is 19.1. The minimum absolute atomic E-state index is 0.0635. The maximum atomic E-state index is 12.5. The number of hydrogen-bond donors (Lipinski definition) is 0. The molecule has 0 saturated carbocycles. The Labute approximate surface area is 180 Å². The molecule has 4 aromatic rings. The van der Waals surface area contributed by atoms with Gasteiger partial charge in [-0.3, -0.25) is 4.79 Å². The highest BCUT2D eigenvalue weighted by molar-refractivity contribution is 5.96. The second kappa shape index (κ2) is 8.07. The van der Waals surface area contributed by atoms with Crippen molar-refractivity contribution in [2.45, 2.75) is 19.3 Å². The monoisotopic (exact) mass is 411 g/mol. The number of para-hydroxylation sites is 1. The van der Waals surface area contributed by atoms with Crippen LogP contribution < -0.4 is 9.64 Å². The highest BCUT2D eigenvalue weighted by atomic mass is 16.5. The zero-order valence-corrected chi connectivity index (χ0v) is 17.1. The van der Waals surface area contributed by atoms with Gasteiger partial charge in [0.2, 0.25) is 17.6 Å². The Kier molecular flexibility index (Phi) is 4.96. The van der Waals surface area contributed by atoms with Crippen LogP contribution in [0.25, 0.3) is 11.4 Å². The van der Waals surface area contributed by atoms with Crippen LogP contribution in [-0.2, 0) is 4.79 Å². The highest BCUT2D eigenvalue weighted by Gasteiger charge is 2.35. The third kappa shape index (κ3) is 4.05. The standard InChI is InChI=1S/C25H21N3O3/c1-17-7-11-21(12-8-17)30-22-13-9-18(10-14-22)24-26-25(31-27-24)19-15-23(29)28(16-19)20-5-3-2-4-6-20/h2-14,19H,15-16H2,1H3. The topological polar surface area (TPSA) is 68.5 Å². The number of hydrogen-bond acceptors (Lipinski definition) is 5. The van der Waals surface area contributed by atoms with Crippen LogP contribution >= 0.6 is 0 Å². The number of anilines is 1. The maximum absolute atomic E-state index is 12.5. The van der Waals surface area contributed by atoms with Crippen molar-refractivity contribution in [1.82, 2.24) is 10.1 Å². The van der Waals surface area contributed by atoms with E-state index in [0.717, 1.165) is 22.7 Å². The fourth-order valence-corrected chi connectivity index (χ4v) is 3.66. The van der Waals surface area contributed by atoms with Gasteiger partial charge in [-0.25, -0.2) is 0 Å². The van der Waals surface area contributed by atoms with Gasteiger partial charge in [0.15, 0.2) is 0 Å². The smallest absolute Gasteiger partial charge is 0.232 e. The van der Waals surface area contributed by atoms with Gasteiger partial charge in [0.05, 0.1) is 5.92 Å². The Morgan fingerprint density at radius 1 is 0.935 bits per heavy atom. The molecule has 0 aliphatic carbocycles. The molecule has 31 heavy (non-hydrogen) atoms. The normalized spacial score (nSPS) is 16.0. The van der Waals surface area contributed by atoms with Crippen molar-refractivity contribution < 1.29 is 14.1 Å². The van der Waals surface area contributed by atoms with Gasteiger partial charge in [0, 0.05) is 24.2 Å². The van der Waals surface area contributed by atoms with E-state index in [1.807, 2.05) is 85.8 Å².